The highest BCUT2D eigenvalue weighted by Gasteiger charge is 2.45. The van der Waals surface area contributed by atoms with Gasteiger partial charge in [0.05, 0.1) is 31.4 Å². The largest absolute Gasteiger partial charge is 0.494 e. The highest BCUT2D eigenvalue weighted by Crippen LogP contribution is 2.32. The number of aliphatic hydroxyl groups is 1. The monoisotopic (exact) mass is 385 g/mol. The SMILES string of the molecule is COCC1=CC=NC(Nc2ccc(-n3cnc(C)c3)c(OC)c2)(C(C)(C)O)N1. The van der Waals surface area contributed by atoms with E-state index in [9.17, 15) is 5.11 Å². The van der Waals surface area contributed by atoms with E-state index in [4.69, 9.17) is 9.47 Å². The molecule has 1 unspecified atom stereocenters. The molecule has 1 aromatic heterocycles. The van der Waals surface area contributed by atoms with Crippen LogP contribution < -0.4 is 15.4 Å². The lowest BCUT2D eigenvalue weighted by Gasteiger charge is -2.44. The number of aliphatic imine (C=N–C) groups is 1. The molecular weight excluding hydrogens is 358 g/mol. The molecule has 0 amide bonds. The highest BCUT2D eigenvalue weighted by atomic mass is 16.5. The maximum atomic E-state index is 10.9. The molecule has 0 bridgehead atoms. The fourth-order valence-electron chi connectivity index (χ4n) is 3.04. The summed E-state index contributed by atoms with van der Waals surface area (Å²) in [5.74, 6) is -0.492. The van der Waals surface area contributed by atoms with Crippen LogP contribution in [0, 0.1) is 6.92 Å². The number of allylic oxidation sites excluding steroid dienone is 1. The third kappa shape index (κ3) is 3.88. The van der Waals surface area contributed by atoms with Crippen LogP contribution >= 0.6 is 0 Å². The van der Waals surface area contributed by atoms with Crippen molar-refractivity contribution in [1.29, 1.82) is 0 Å². The van der Waals surface area contributed by atoms with Gasteiger partial charge < -0.3 is 29.8 Å². The molecule has 0 fully saturated rings. The zero-order chi connectivity index (χ0) is 20.4. The fraction of sp³-hybridized carbons (Fsp3) is 0.400. The minimum Gasteiger partial charge on any atom is -0.494 e. The second-order valence-electron chi connectivity index (χ2n) is 7.23. The van der Waals surface area contributed by atoms with Crippen LogP contribution in [0.1, 0.15) is 19.5 Å². The van der Waals surface area contributed by atoms with E-state index in [2.05, 4.69) is 20.6 Å². The summed E-state index contributed by atoms with van der Waals surface area (Å²) in [7, 11) is 3.24. The van der Waals surface area contributed by atoms with Gasteiger partial charge in [-0.1, -0.05) is 0 Å². The standard InChI is InChI=1S/C20H27N5O3/c1-14-11-25(13-21-14)17-7-6-15(10-18(17)28-5)23-20(19(2,3)26)22-9-8-16(24-20)12-27-4/h6-11,13,23-24,26H,12H2,1-5H3. The zero-order valence-electron chi connectivity index (χ0n) is 16.9. The van der Waals surface area contributed by atoms with Gasteiger partial charge >= 0.3 is 0 Å². The van der Waals surface area contributed by atoms with E-state index in [-0.39, 0.29) is 0 Å². The van der Waals surface area contributed by atoms with Gasteiger partial charge in [0.15, 0.2) is 0 Å². The zero-order valence-corrected chi connectivity index (χ0v) is 16.9. The van der Waals surface area contributed by atoms with Gasteiger partial charge in [-0.05, 0) is 39.0 Å². The van der Waals surface area contributed by atoms with Gasteiger partial charge in [-0.15, -0.1) is 0 Å². The third-order valence-corrected chi connectivity index (χ3v) is 4.57. The van der Waals surface area contributed by atoms with Crippen molar-refractivity contribution in [3.8, 4) is 11.4 Å². The van der Waals surface area contributed by atoms with Crippen molar-refractivity contribution in [1.82, 2.24) is 14.9 Å². The van der Waals surface area contributed by atoms with Crippen molar-refractivity contribution in [2.45, 2.75) is 32.2 Å². The van der Waals surface area contributed by atoms with Crippen molar-refractivity contribution < 1.29 is 14.6 Å². The van der Waals surface area contributed by atoms with Gasteiger partial charge in [0, 0.05) is 37.0 Å². The molecule has 2 heterocycles. The number of hydrogen-bond acceptors (Lipinski definition) is 7. The van der Waals surface area contributed by atoms with Gasteiger partial charge in [0.25, 0.3) is 0 Å². The fourth-order valence-corrected chi connectivity index (χ4v) is 3.04. The predicted molar refractivity (Wildman–Crippen MR) is 109 cm³/mol. The summed E-state index contributed by atoms with van der Waals surface area (Å²) in [6, 6.07) is 5.70. The van der Waals surface area contributed by atoms with Crippen LogP contribution in [0.2, 0.25) is 0 Å². The molecule has 1 aliphatic rings. The molecule has 0 spiro atoms. The van der Waals surface area contributed by atoms with Crippen LogP contribution in [0.5, 0.6) is 5.75 Å². The number of imidazole rings is 1. The Hall–Kier alpha value is -2.84. The van der Waals surface area contributed by atoms with E-state index in [0.717, 1.165) is 22.8 Å². The van der Waals surface area contributed by atoms with Crippen molar-refractivity contribution in [2.75, 3.05) is 26.1 Å². The summed E-state index contributed by atoms with van der Waals surface area (Å²) < 4.78 is 12.7. The molecule has 8 heteroatoms. The van der Waals surface area contributed by atoms with Gasteiger partial charge in [-0.3, -0.25) is 0 Å². The first-order valence-electron chi connectivity index (χ1n) is 8.99. The smallest absolute Gasteiger partial charge is 0.234 e. The highest BCUT2D eigenvalue weighted by molar-refractivity contribution is 5.75. The Morgan fingerprint density at radius 1 is 1.32 bits per heavy atom. The Kier molecular flexibility index (Phi) is 5.44. The van der Waals surface area contributed by atoms with E-state index in [1.54, 1.807) is 40.6 Å². The average molecular weight is 385 g/mol. The molecular formula is C20H27N5O3. The van der Waals surface area contributed by atoms with Crippen LogP contribution in [0.4, 0.5) is 5.69 Å². The third-order valence-electron chi connectivity index (χ3n) is 4.57. The number of anilines is 1. The molecule has 1 atom stereocenters. The minimum absolute atomic E-state index is 0.383. The maximum Gasteiger partial charge on any atom is 0.234 e. The van der Waals surface area contributed by atoms with Gasteiger partial charge in [0.2, 0.25) is 5.79 Å². The molecule has 0 radical (unpaired) electrons. The van der Waals surface area contributed by atoms with Gasteiger partial charge in [-0.25, -0.2) is 9.98 Å². The average Bonchev–Trinajstić information content (AvgIpc) is 3.07. The Morgan fingerprint density at radius 2 is 2.11 bits per heavy atom. The van der Waals surface area contributed by atoms with Crippen molar-refractivity contribution in [2.24, 2.45) is 4.99 Å². The van der Waals surface area contributed by atoms with Crippen LogP contribution in [0.3, 0.4) is 0 Å². The summed E-state index contributed by atoms with van der Waals surface area (Å²) >= 11 is 0. The topological polar surface area (TPSA) is 92.9 Å². The number of ether oxygens (including phenoxy) is 2. The van der Waals surface area contributed by atoms with Crippen molar-refractivity contribution in [3.05, 3.63) is 48.2 Å². The Labute approximate surface area is 164 Å². The second-order valence-corrected chi connectivity index (χ2v) is 7.23. The summed E-state index contributed by atoms with van der Waals surface area (Å²) in [5, 5.41) is 17.4. The molecule has 150 valence electrons. The summed E-state index contributed by atoms with van der Waals surface area (Å²) in [6.07, 6.45) is 7.15. The first-order chi connectivity index (χ1) is 13.3. The number of aromatic nitrogens is 2. The summed E-state index contributed by atoms with van der Waals surface area (Å²) in [6.45, 7) is 5.71. The molecule has 3 rings (SSSR count). The Bertz CT molecular complexity index is 897. The van der Waals surface area contributed by atoms with Gasteiger partial charge in [-0.2, -0.15) is 0 Å². The lowest BCUT2D eigenvalue weighted by Crippen LogP contribution is -2.64. The molecule has 28 heavy (non-hydrogen) atoms. The molecule has 0 saturated heterocycles. The number of hydrogen-bond donors (Lipinski definition) is 3. The van der Waals surface area contributed by atoms with Gasteiger partial charge in [0.1, 0.15) is 11.4 Å². The number of benzene rings is 1. The lowest BCUT2D eigenvalue weighted by molar-refractivity contribution is -0.00200. The normalized spacial score (nSPS) is 19.1. The summed E-state index contributed by atoms with van der Waals surface area (Å²) in [4.78, 5) is 8.78. The molecule has 0 saturated carbocycles. The number of methoxy groups -OCH3 is 2. The molecule has 0 aliphatic carbocycles. The molecule has 3 N–H and O–H groups in total. The minimum atomic E-state index is -1.22. The summed E-state index contributed by atoms with van der Waals surface area (Å²) in [5.41, 5.74) is 2.12. The van der Waals surface area contributed by atoms with Crippen molar-refractivity contribution >= 4 is 11.9 Å². The van der Waals surface area contributed by atoms with Crippen LogP contribution in [0.25, 0.3) is 5.69 Å². The first-order valence-corrected chi connectivity index (χ1v) is 8.99. The predicted octanol–water partition coefficient (Wildman–Crippen LogP) is 2.23. The number of nitrogens with one attached hydrogen (secondary N) is 2. The van der Waals surface area contributed by atoms with E-state index < -0.39 is 11.4 Å². The van der Waals surface area contributed by atoms with Crippen LogP contribution in [-0.4, -0.2) is 53.1 Å². The number of aryl methyl sites for hydroxylation is 1. The number of rotatable bonds is 7. The lowest BCUT2D eigenvalue weighted by atomic mass is 9.97. The van der Waals surface area contributed by atoms with E-state index >= 15 is 0 Å². The molecule has 1 aliphatic heterocycles. The van der Waals surface area contributed by atoms with E-state index in [1.807, 2.05) is 42.0 Å². The number of nitrogens with zero attached hydrogens (tertiary/aromatic N) is 3. The maximum absolute atomic E-state index is 10.9. The molecule has 2 aromatic rings. The van der Waals surface area contributed by atoms with Crippen LogP contribution in [0.15, 0.2) is 47.5 Å². The van der Waals surface area contributed by atoms with Crippen molar-refractivity contribution in [3.63, 3.8) is 0 Å². The van der Waals surface area contributed by atoms with E-state index in [0.29, 0.717) is 12.4 Å². The quantitative estimate of drug-likeness (QED) is 0.677. The Balaban J connectivity index is 1.94. The first kappa shape index (κ1) is 19.9. The second kappa shape index (κ2) is 7.65. The molecule has 8 nitrogen and oxygen atoms in total. The van der Waals surface area contributed by atoms with E-state index in [1.165, 1.54) is 0 Å². The molecule has 1 aromatic carbocycles. The Morgan fingerprint density at radius 3 is 2.71 bits per heavy atom. The van der Waals surface area contributed by atoms with Crippen LogP contribution in [-0.2, 0) is 4.74 Å².